The van der Waals surface area contributed by atoms with Gasteiger partial charge in [-0.2, -0.15) is 0 Å². The molecule has 2 bridgehead atoms. The Labute approximate surface area is 157 Å². The Morgan fingerprint density at radius 1 is 1.04 bits per heavy atom. The van der Waals surface area contributed by atoms with Crippen molar-refractivity contribution in [1.82, 2.24) is 15.0 Å². The highest BCUT2D eigenvalue weighted by Crippen LogP contribution is 2.45. The molecular formula is C21H22N4S. The lowest BCUT2D eigenvalue weighted by molar-refractivity contribution is 0.551. The van der Waals surface area contributed by atoms with Crippen molar-refractivity contribution in [3.63, 3.8) is 0 Å². The van der Waals surface area contributed by atoms with Crippen molar-refractivity contribution in [3.8, 4) is 11.4 Å². The van der Waals surface area contributed by atoms with E-state index >= 15 is 0 Å². The van der Waals surface area contributed by atoms with Crippen molar-refractivity contribution in [3.05, 3.63) is 35.0 Å². The number of thiophene rings is 1. The quantitative estimate of drug-likeness (QED) is 0.667. The molecule has 2 aliphatic carbocycles. The van der Waals surface area contributed by atoms with E-state index in [1.807, 2.05) is 35.9 Å². The minimum absolute atomic E-state index is 0.683. The van der Waals surface area contributed by atoms with Crippen molar-refractivity contribution in [2.75, 3.05) is 11.4 Å². The lowest BCUT2D eigenvalue weighted by Crippen LogP contribution is -2.33. The van der Waals surface area contributed by atoms with Crippen LogP contribution in [0.5, 0.6) is 0 Å². The maximum Gasteiger partial charge on any atom is 0.163 e. The summed E-state index contributed by atoms with van der Waals surface area (Å²) in [5.41, 5.74) is 2.62. The molecule has 1 saturated carbocycles. The molecule has 6 rings (SSSR count). The van der Waals surface area contributed by atoms with Gasteiger partial charge in [0.2, 0.25) is 0 Å². The predicted molar refractivity (Wildman–Crippen MR) is 106 cm³/mol. The number of aryl methyl sites for hydroxylation is 2. The Morgan fingerprint density at radius 3 is 2.73 bits per heavy atom. The number of piperidine rings is 1. The van der Waals surface area contributed by atoms with Gasteiger partial charge in [0.25, 0.3) is 0 Å². The summed E-state index contributed by atoms with van der Waals surface area (Å²) in [6.07, 6.45) is 12.8. The molecule has 3 aromatic heterocycles. The molecule has 2 fully saturated rings. The fraction of sp³-hybridized carbons (Fsp3) is 0.476. The predicted octanol–water partition coefficient (Wildman–Crippen LogP) is 4.62. The van der Waals surface area contributed by atoms with Gasteiger partial charge in [-0.15, -0.1) is 11.3 Å². The van der Waals surface area contributed by atoms with Crippen molar-refractivity contribution in [1.29, 1.82) is 0 Å². The van der Waals surface area contributed by atoms with E-state index < -0.39 is 0 Å². The fourth-order valence-electron chi connectivity index (χ4n) is 5.16. The molecule has 26 heavy (non-hydrogen) atoms. The van der Waals surface area contributed by atoms with E-state index in [0.29, 0.717) is 6.04 Å². The summed E-state index contributed by atoms with van der Waals surface area (Å²) in [5.74, 6) is 2.94. The summed E-state index contributed by atoms with van der Waals surface area (Å²) < 4.78 is 0. The third-order valence-corrected chi connectivity index (χ3v) is 7.60. The van der Waals surface area contributed by atoms with Crippen LogP contribution in [-0.2, 0) is 12.8 Å². The second kappa shape index (κ2) is 5.74. The molecule has 4 nitrogen and oxygen atoms in total. The van der Waals surface area contributed by atoms with E-state index in [-0.39, 0.29) is 0 Å². The Bertz CT molecular complexity index is 981. The lowest BCUT2D eigenvalue weighted by atomic mass is 9.96. The first-order valence-corrected chi connectivity index (χ1v) is 10.7. The average molecular weight is 363 g/mol. The number of aromatic nitrogens is 3. The third-order valence-electron chi connectivity index (χ3n) is 6.42. The normalized spacial score (nSPS) is 24.4. The highest BCUT2D eigenvalue weighted by molar-refractivity contribution is 7.19. The number of fused-ring (bicyclic) bond motifs is 5. The zero-order chi connectivity index (χ0) is 17.1. The van der Waals surface area contributed by atoms with Crippen LogP contribution in [0.1, 0.15) is 42.5 Å². The van der Waals surface area contributed by atoms with E-state index in [9.17, 15) is 0 Å². The van der Waals surface area contributed by atoms with Gasteiger partial charge in [0.05, 0.1) is 5.39 Å². The highest BCUT2D eigenvalue weighted by atomic mass is 32.1. The molecule has 1 saturated heterocycles. The van der Waals surface area contributed by atoms with E-state index in [4.69, 9.17) is 9.97 Å². The summed E-state index contributed by atoms with van der Waals surface area (Å²) >= 11 is 1.91. The van der Waals surface area contributed by atoms with Gasteiger partial charge >= 0.3 is 0 Å². The average Bonchev–Trinajstić information content (AvgIpc) is 3.41. The van der Waals surface area contributed by atoms with E-state index in [2.05, 4.69) is 9.88 Å². The molecule has 2 atom stereocenters. The minimum atomic E-state index is 0.683. The maximum atomic E-state index is 5.15. The first-order valence-electron chi connectivity index (χ1n) is 9.86. The topological polar surface area (TPSA) is 41.9 Å². The molecule has 0 N–H and O–H groups in total. The van der Waals surface area contributed by atoms with Gasteiger partial charge < -0.3 is 4.90 Å². The number of hydrogen-bond acceptors (Lipinski definition) is 5. The molecule has 0 unspecified atom stereocenters. The molecule has 3 aromatic rings. The molecule has 1 aliphatic heterocycles. The van der Waals surface area contributed by atoms with Gasteiger partial charge in [0, 0.05) is 35.4 Å². The van der Waals surface area contributed by atoms with Crippen LogP contribution in [0.2, 0.25) is 0 Å². The Kier molecular flexibility index (Phi) is 3.33. The van der Waals surface area contributed by atoms with Gasteiger partial charge in [-0.05, 0) is 68.6 Å². The van der Waals surface area contributed by atoms with E-state index in [0.717, 1.165) is 17.3 Å². The van der Waals surface area contributed by atoms with Gasteiger partial charge in [-0.25, -0.2) is 9.97 Å². The minimum Gasteiger partial charge on any atom is -0.353 e. The van der Waals surface area contributed by atoms with Crippen LogP contribution in [0.4, 0.5) is 5.82 Å². The molecule has 0 amide bonds. The largest absolute Gasteiger partial charge is 0.353 e. The SMILES string of the molecule is c1cc(-c2nc(N3C[C@H]4CC[C@@H]3C4)c3c4c(sc3n2)CCCC4)ccn1. The van der Waals surface area contributed by atoms with Crippen LogP contribution in [0.25, 0.3) is 21.6 Å². The van der Waals surface area contributed by atoms with Gasteiger partial charge in [-0.3, -0.25) is 4.98 Å². The van der Waals surface area contributed by atoms with Crippen molar-refractivity contribution in [2.45, 2.75) is 51.0 Å². The van der Waals surface area contributed by atoms with Gasteiger partial charge in [-0.1, -0.05) is 0 Å². The zero-order valence-corrected chi connectivity index (χ0v) is 15.6. The maximum absolute atomic E-state index is 5.15. The van der Waals surface area contributed by atoms with Crippen LogP contribution in [0, 0.1) is 5.92 Å². The van der Waals surface area contributed by atoms with Gasteiger partial charge in [0.1, 0.15) is 10.6 Å². The summed E-state index contributed by atoms with van der Waals surface area (Å²) in [5, 5.41) is 1.37. The number of pyridine rings is 1. The molecule has 3 aliphatic rings. The molecule has 5 heteroatoms. The van der Waals surface area contributed by atoms with Crippen LogP contribution < -0.4 is 4.90 Å². The molecule has 0 aromatic carbocycles. The number of nitrogens with zero attached hydrogens (tertiary/aromatic N) is 4. The summed E-state index contributed by atoms with van der Waals surface area (Å²) in [7, 11) is 0. The molecule has 0 spiro atoms. The first kappa shape index (κ1) is 15.1. The lowest BCUT2D eigenvalue weighted by Gasteiger charge is -2.29. The molecule has 0 radical (unpaired) electrons. The van der Waals surface area contributed by atoms with Crippen molar-refractivity contribution in [2.24, 2.45) is 5.92 Å². The highest BCUT2D eigenvalue weighted by Gasteiger charge is 2.40. The van der Waals surface area contributed by atoms with Gasteiger partial charge in [0.15, 0.2) is 5.82 Å². The van der Waals surface area contributed by atoms with Crippen molar-refractivity contribution < 1.29 is 0 Å². The molecule has 4 heterocycles. The van der Waals surface area contributed by atoms with Crippen LogP contribution >= 0.6 is 11.3 Å². The Morgan fingerprint density at radius 2 is 1.92 bits per heavy atom. The summed E-state index contributed by atoms with van der Waals surface area (Å²) in [6, 6.07) is 4.73. The smallest absolute Gasteiger partial charge is 0.163 e. The summed E-state index contributed by atoms with van der Waals surface area (Å²) in [4.78, 5) is 19.7. The Balaban J connectivity index is 1.59. The number of rotatable bonds is 2. The standard InChI is InChI=1S/C21H22N4S/c1-2-4-17-16(3-1)18-20(25-12-13-5-6-15(25)11-13)23-19(24-21(18)26-17)14-7-9-22-10-8-14/h7-10,13,15H,1-6,11-12H2/t13-,15+/m0/s1. The van der Waals surface area contributed by atoms with Crippen LogP contribution in [-0.4, -0.2) is 27.5 Å². The number of anilines is 1. The fourth-order valence-corrected chi connectivity index (χ4v) is 6.42. The molecule has 132 valence electrons. The van der Waals surface area contributed by atoms with Crippen LogP contribution in [0.3, 0.4) is 0 Å². The molecular weight excluding hydrogens is 340 g/mol. The van der Waals surface area contributed by atoms with Crippen LogP contribution in [0.15, 0.2) is 24.5 Å². The first-order chi connectivity index (χ1) is 12.9. The van der Waals surface area contributed by atoms with E-state index in [1.54, 1.807) is 10.4 Å². The summed E-state index contributed by atoms with van der Waals surface area (Å²) in [6.45, 7) is 1.18. The second-order valence-corrected chi connectivity index (χ2v) is 9.07. The Hall–Kier alpha value is -2.01. The van der Waals surface area contributed by atoms with E-state index in [1.165, 1.54) is 67.5 Å². The zero-order valence-electron chi connectivity index (χ0n) is 14.8. The number of hydrogen-bond donors (Lipinski definition) is 0. The third kappa shape index (κ3) is 2.22. The van der Waals surface area contributed by atoms with Crippen molar-refractivity contribution >= 4 is 27.4 Å². The second-order valence-electron chi connectivity index (χ2n) is 7.98. The monoisotopic (exact) mass is 362 g/mol.